The average Bonchev–Trinajstić information content (AvgIpc) is 1.76. The minimum atomic E-state index is -1.75. The van der Waals surface area contributed by atoms with Gasteiger partial charge in [0, 0.05) is 0 Å². The molecular weight excluding hydrogens is 408 g/mol. The van der Waals surface area contributed by atoms with Crippen LogP contribution in [0.2, 0.25) is 0 Å². The van der Waals surface area contributed by atoms with Crippen molar-refractivity contribution in [3.8, 4) is 0 Å². The molecule has 0 aromatic carbocycles. The van der Waals surface area contributed by atoms with Gasteiger partial charge in [0.2, 0.25) is 0 Å². The summed E-state index contributed by atoms with van der Waals surface area (Å²) < 4.78 is 0. The summed E-state index contributed by atoms with van der Waals surface area (Å²) in [6.45, 7) is 0. The SMILES string of the molecule is O=[N+]([O-])[O-].O=[N+]([O-])[O-].O=[N+]([O-])[O-].O=[N+]([O-])[O-].[Al+3].[Cs+]. The van der Waals surface area contributed by atoms with Gasteiger partial charge in [-0.3, -0.25) is 0 Å². The quantitative estimate of drug-likeness (QED) is 0.209. The van der Waals surface area contributed by atoms with Crippen LogP contribution in [0, 0.1) is 61.3 Å². The molecule has 0 heterocycles. The fraction of sp³-hybridized carbons (Fsp3) is 0. The van der Waals surface area contributed by atoms with Gasteiger partial charge in [-0.15, -0.1) is 0 Å². The first kappa shape index (κ1) is 36.0. The summed E-state index contributed by atoms with van der Waals surface area (Å²) in [5, 5.41) is 59.0. The van der Waals surface area contributed by atoms with E-state index >= 15 is 0 Å². The van der Waals surface area contributed by atoms with Crippen LogP contribution in [0.4, 0.5) is 0 Å². The Morgan fingerprint density at radius 3 is 0.444 bits per heavy atom. The van der Waals surface area contributed by atoms with Gasteiger partial charge in [0.1, 0.15) is 0 Å². The van der Waals surface area contributed by atoms with Gasteiger partial charge in [-0.2, -0.15) is 0 Å². The third-order valence-corrected chi connectivity index (χ3v) is 0. The van der Waals surface area contributed by atoms with E-state index in [-0.39, 0.29) is 86.3 Å². The third-order valence-electron chi connectivity index (χ3n) is 0. The van der Waals surface area contributed by atoms with Crippen molar-refractivity contribution in [1.29, 1.82) is 0 Å². The molecule has 0 aromatic heterocycles. The van der Waals surface area contributed by atoms with Crippen LogP contribution in [0.3, 0.4) is 0 Å². The van der Waals surface area contributed by atoms with Crippen LogP contribution in [0.15, 0.2) is 0 Å². The second kappa shape index (κ2) is 29.9. The normalized spacial score (nSPS) is 5.33. The molecule has 0 saturated heterocycles. The third kappa shape index (κ3) is 8400. The number of nitrogens with zero attached hydrogens (tertiary/aromatic N) is 4. The van der Waals surface area contributed by atoms with Crippen molar-refractivity contribution < 1.29 is 89.2 Å². The van der Waals surface area contributed by atoms with E-state index in [1.165, 1.54) is 0 Å². The van der Waals surface area contributed by atoms with Crippen LogP contribution in [0.1, 0.15) is 0 Å². The van der Waals surface area contributed by atoms with Crippen molar-refractivity contribution in [3.05, 3.63) is 61.3 Å². The Morgan fingerprint density at radius 2 is 0.444 bits per heavy atom. The largest absolute Gasteiger partial charge is 3.00 e. The number of hydrogen-bond acceptors (Lipinski definition) is 12. The van der Waals surface area contributed by atoms with Crippen LogP contribution in [0.25, 0.3) is 0 Å². The predicted octanol–water partition coefficient (Wildman–Crippen LogP) is -4.33. The standard InChI is InChI=1S/Al.Cs.4NO3/c;;4*2-1(3)4/q+3;+1;4*-1. The number of rotatable bonds is 0. The monoisotopic (exact) mass is 408 g/mol. The summed E-state index contributed by atoms with van der Waals surface area (Å²) in [5.41, 5.74) is 0. The van der Waals surface area contributed by atoms with Gasteiger partial charge in [-0.25, -0.2) is 0 Å². The van der Waals surface area contributed by atoms with E-state index in [1.807, 2.05) is 0 Å². The Labute approximate surface area is 165 Å². The van der Waals surface area contributed by atoms with Gasteiger partial charge in [-0.1, -0.05) is 0 Å². The van der Waals surface area contributed by atoms with Gasteiger partial charge < -0.3 is 61.3 Å². The molecule has 0 fully saturated rings. The molecule has 0 aliphatic rings. The first-order valence-corrected chi connectivity index (χ1v) is 2.19. The second-order valence-corrected chi connectivity index (χ2v) is 0.894. The van der Waals surface area contributed by atoms with E-state index < -0.39 is 20.3 Å². The zero-order chi connectivity index (χ0) is 14.3. The van der Waals surface area contributed by atoms with E-state index in [4.69, 9.17) is 61.3 Å². The van der Waals surface area contributed by atoms with Crippen LogP contribution in [0.5, 0.6) is 0 Å². The summed E-state index contributed by atoms with van der Waals surface area (Å²) in [7, 11) is 0. The molecule has 0 bridgehead atoms. The van der Waals surface area contributed by atoms with Crippen molar-refractivity contribution in [2.24, 2.45) is 0 Å². The van der Waals surface area contributed by atoms with E-state index in [0.29, 0.717) is 0 Å². The van der Waals surface area contributed by atoms with Crippen LogP contribution >= 0.6 is 0 Å². The Kier molecular flexibility index (Phi) is 59.9. The fourth-order valence-electron chi connectivity index (χ4n) is 0. The first-order valence-electron chi connectivity index (χ1n) is 2.19. The molecule has 0 aliphatic carbocycles. The maximum atomic E-state index is 8.25. The summed E-state index contributed by atoms with van der Waals surface area (Å²) in [4.78, 5) is 33.0. The first-order chi connectivity index (χ1) is 6.93. The molecule has 18 heteroatoms. The number of hydrogen-bond donors (Lipinski definition) is 0. The molecule has 0 unspecified atom stereocenters. The molecule has 0 aromatic rings. The molecule has 0 spiro atoms. The van der Waals surface area contributed by atoms with Crippen LogP contribution < -0.4 is 68.9 Å². The van der Waals surface area contributed by atoms with Crippen molar-refractivity contribution >= 4 is 17.4 Å². The van der Waals surface area contributed by atoms with Crippen molar-refractivity contribution in [2.45, 2.75) is 0 Å². The molecule has 0 aliphatic heterocycles. The molecular formula is AlCsN4O12. The molecule has 0 radical (unpaired) electrons. The Morgan fingerprint density at radius 1 is 0.444 bits per heavy atom. The maximum absolute atomic E-state index is 8.25. The van der Waals surface area contributed by atoms with Gasteiger partial charge >= 0.3 is 86.3 Å². The summed E-state index contributed by atoms with van der Waals surface area (Å²) in [6, 6.07) is 0. The molecule has 16 nitrogen and oxygen atoms in total. The second-order valence-electron chi connectivity index (χ2n) is 0.894. The van der Waals surface area contributed by atoms with E-state index in [1.54, 1.807) is 0 Å². The van der Waals surface area contributed by atoms with Crippen LogP contribution in [-0.4, -0.2) is 37.7 Å². The average molecular weight is 408 g/mol. The van der Waals surface area contributed by atoms with Gasteiger partial charge in [0.05, 0.1) is 20.3 Å². The molecule has 0 N–H and O–H groups in total. The zero-order valence-corrected chi connectivity index (χ0v) is 15.7. The molecule has 0 amide bonds. The minimum absolute atomic E-state index is 0. The summed E-state index contributed by atoms with van der Waals surface area (Å²) >= 11 is 0. The Balaban J connectivity index is -0.0000000257. The van der Waals surface area contributed by atoms with Gasteiger partial charge in [-0.05, 0) is 0 Å². The predicted molar refractivity (Wildman–Crippen MR) is 47.2 cm³/mol. The van der Waals surface area contributed by atoms with Crippen molar-refractivity contribution in [1.82, 2.24) is 0 Å². The smallest absolute Gasteiger partial charge is 0.356 e. The summed E-state index contributed by atoms with van der Waals surface area (Å²) in [6.07, 6.45) is 0. The van der Waals surface area contributed by atoms with Gasteiger partial charge in [0.25, 0.3) is 0 Å². The van der Waals surface area contributed by atoms with E-state index in [9.17, 15) is 0 Å². The minimum Gasteiger partial charge on any atom is -0.356 e. The zero-order valence-electron chi connectivity index (χ0n) is 8.27. The van der Waals surface area contributed by atoms with E-state index in [0.717, 1.165) is 0 Å². The molecule has 0 rings (SSSR count). The maximum Gasteiger partial charge on any atom is 3.00 e. The van der Waals surface area contributed by atoms with Crippen LogP contribution in [-0.2, 0) is 0 Å². The molecule has 18 heavy (non-hydrogen) atoms. The Hall–Kier alpha value is -0.616. The molecule has 96 valence electrons. The summed E-state index contributed by atoms with van der Waals surface area (Å²) in [5.74, 6) is 0. The Bertz CT molecular complexity index is 164. The van der Waals surface area contributed by atoms with E-state index in [2.05, 4.69) is 0 Å². The van der Waals surface area contributed by atoms with Crippen molar-refractivity contribution in [2.75, 3.05) is 0 Å². The fourth-order valence-corrected chi connectivity index (χ4v) is 0. The van der Waals surface area contributed by atoms with Crippen molar-refractivity contribution in [3.63, 3.8) is 0 Å². The molecule has 0 atom stereocenters. The molecule has 0 saturated carbocycles. The van der Waals surface area contributed by atoms with Gasteiger partial charge in [0.15, 0.2) is 0 Å². The topological polar surface area (TPSA) is 265 Å².